The van der Waals surface area contributed by atoms with Gasteiger partial charge in [0.15, 0.2) is 0 Å². The molecule has 1 fully saturated rings. The molecule has 3 aliphatic carbocycles. The molecule has 1 heteroatoms. The first-order valence-corrected chi connectivity index (χ1v) is 5.13. The lowest BCUT2D eigenvalue weighted by molar-refractivity contribution is 0.0836. The van der Waals surface area contributed by atoms with Gasteiger partial charge < -0.3 is 5.11 Å². The van der Waals surface area contributed by atoms with Crippen molar-refractivity contribution >= 4 is 0 Å². The van der Waals surface area contributed by atoms with Crippen LogP contribution in [-0.2, 0) is 0 Å². The van der Waals surface area contributed by atoms with Gasteiger partial charge in [-0.2, -0.15) is 0 Å². The van der Waals surface area contributed by atoms with E-state index in [9.17, 15) is 5.11 Å². The minimum absolute atomic E-state index is 0.0753. The first-order valence-electron chi connectivity index (χ1n) is 5.13. The van der Waals surface area contributed by atoms with Crippen LogP contribution in [0.3, 0.4) is 0 Å². The van der Waals surface area contributed by atoms with E-state index in [2.05, 4.69) is 24.3 Å². The van der Waals surface area contributed by atoms with Gasteiger partial charge in [0.25, 0.3) is 0 Å². The summed E-state index contributed by atoms with van der Waals surface area (Å²) in [6.45, 7) is 0. The Morgan fingerprint density at radius 1 is 1.08 bits per heavy atom. The van der Waals surface area contributed by atoms with Crippen molar-refractivity contribution < 1.29 is 5.11 Å². The average Bonchev–Trinajstić information content (AvgIpc) is 2.19. The zero-order chi connectivity index (χ0) is 8.84. The largest absolute Gasteiger partial charge is 0.392 e. The van der Waals surface area contributed by atoms with Gasteiger partial charge >= 0.3 is 0 Å². The predicted molar refractivity (Wildman–Crippen MR) is 51.8 cm³/mol. The molecule has 3 atom stereocenters. The first kappa shape index (κ1) is 7.57. The van der Waals surface area contributed by atoms with Crippen molar-refractivity contribution in [3.63, 3.8) is 0 Å². The lowest BCUT2D eigenvalue weighted by Crippen LogP contribution is -2.33. The number of aliphatic hydroxyl groups is 1. The lowest BCUT2D eigenvalue weighted by Gasteiger charge is -2.41. The number of fused-ring (bicyclic) bond motifs is 2. The molecule has 68 valence electrons. The number of aliphatic hydroxyl groups excluding tert-OH is 1. The van der Waals surface area contributed by atoms with E-state index in [0.717, 1.165) is 6.42 Å². The standard InChI is InChI=1S/C12H14O/c13-12-7-8-5-6-11(12)10-4-2-1-3-9(8)10/h1-4,8,11-13H,5-7H2/t8-,11-,12-/m0/s1. The molecule has 1 aromatic carbocycles. The molecule has 0 amide bonds. The zero-order valence-corrected chi connectivity index (χ0v) is 7.61. The van der Waals surface area contributed by atoms with Gasteiger partial charge in [0.2, 0.25) is 0 Å². The van der Waals surface area contributed by atoms with Crippen molar-refractivity contribution in [1.82, 2.24) is 0 Å². The summed E-state index contributed by atoms with van der Waals surface area (Å²) in [5.74, 6) is 1.07. The van der Waals surface area contributed by atoms with Crippen molar-refractivity contribution in [3.8, 4) is 0 Å². The fraction of sp³-hybridized carbons (Fsp3) is 0.500. The Bertz CT molecular complexity index is 332. The van der Waals surface area contributed by atoms with Crippen LogP contribution in [0, 0.1) is 0 Å². The maximum atomic E-state index is 9.85. The van der Waals surface area contributed by atoms with E-state index in [1.54, 1.807) is 0 Å². The highest BCUT2D eigenvalue weighted by Crippen LogP contribution is 2.48. The van der Waals surface area contributed by atoms with E-state index >= 15 is 0 Å². The molecule has 0 spiro atoms. The highest BCUT2D eigenvalue weighted by molar-refractivity contribution is 5.39. The molecular formula is C12H14O. The predicted octanol–water partition coefficient (Wildman–Crippen LogP) is 2.41. The van der Waals surface area contributed by atoms with Gasteiger partial charge in [-0.1, -0.05) is 24.3 Å². The second-order valence-electron chi connectivity index (χ2n) is 4.31. The third kappa shape index (κ3) is 0.969. The molecule has 13 heavy (non-hydrogen) atoms. The molecule has 1 aromatic rings. The van der Waals surface area contributed by atoms with Crippen molar-refractivity contribution in [3.05, 3.63) is 35.4 Å². The Balaban J connectivity index is 2.16. The van der Waals surface area contributed by atoms with Crippen LogP contribution in [0.2, 0.25) is 0 Å². The molecule has 1 saturated carbocycles. The van der Waals surface area contributed by atoms with Crippen LogP contribution in [0.1, 0.15) is 42.2 Å². The molecule has 2 bridgehead atoms. The summed E-state index contributed by atoms with van der Waals surface area (Å²) in [6.07, 6.45) is 3.37. The smallest absolute Gasteiger partial charge is 0.0614 e. The summed E-state index contributed by atoms with van der Waals surface area (Å²) >= 11 is 0. The molecular weight excluding hydrogens is 160 g/mol. The molecule has 0 radical (unpaired) electrons. The summed E-state index contributed by atoms with van der Waals surface area (Å²) in [5, 5.41) is 9.85. The Labute approximate surface area is 78.4 Å². The third-order valence-electron chi connectivity index (χ3n) is 3.65. The van der Waals surface area contributed by atoms with Crippen LogP contribution in [0.5, 0.6) is 0 Å². The third-order valence-corrected chi connectivity index (χ3v) is 3.65. The lowest BCUT2D eigenvalue weighted by atomic mass is 9.66. The zero-order valence-electron chi connectivity index (χ0n) is 7.61. The molecule has 1 N–H and O–H groups in total. The van der Waals surface area contributed by atoms with E-state index in [0.29, 0.717) is 11.8 Å². The second kappa shape index (κ2) is 2.58. The molecule has 0 heterocycles. The summed E-state index contributed by atoms with van der Waals surface area (Å²) in [6, 6.07) is 8.63. The van der Waals surface area contributed by atoms with Crippen LogP contribution < -0.4 is 0 Å². The normalized spacial score (nSPS) is 35.9. The second-order valence-corrected chi connectivity index (χ2v) is 4.31. The van der Waals surface area contributed by atoms with Crippen LogP contribution in [0.25, 0.3) is 0 Å². The minimum atomic E-state index is -0.0753. The van der Waals surface area contributed by atoms with Gasteiger partial charge in [-0.25, -0.2) is 0 Å². The summed E-state index contributed by atoms with van der Waals surface area (Å²) in [7, 11) is 0. The summed E-state index contributed by atoms with van der Waals surface area (Å²) < 4.78 is 0. The Hall–Kier alpha value is -0.820. The average molecular weight is 174 g/mol. The fourth-order valence-corrected chi connectivity index (χ4v) is 3.01. The fourth-order valence-electron chi connectivity index (χ4n) is 3.01. The first-order chi connectivity index (χ1) is 6.36. The highest BCUT2D eigenvalue weighted by atomic mass is 16.3. The van der Waals surface area contributed by atoms with Gasteiger partial charge in [0, 0.05) is 5.92 Å². The Morgan fingerprint density at radius 3 is 2.62 bits per heavy atom. The van der Waals surface area contributed by atoms with Crippen LogP contribution in [0.15, 0.2) is 24.3 Å². The van der Waals surface area contributed by atoms with E-state index in [-0.39, 0.29) is 6.10 Å². The van der Waals surface area contributed by atoms with Gasteiger partial charge in [-0.3, -0.25) is 0 Å². The van der Waals surface area contributed by atoms with E-state index in [4.69, 9.17) is 0 Å². The van der Waals surface area contributed by atoms with Gasteiger partial charge in [0.1, 0.15) is 0 Å². The molecule has 0 saturated heterocycles. The number of rotatable bonds is 0. The van der Waals surface area contributed by atoms with Crippen LogP contribution >= 0.6 is 0 Å². The number of hydrogen-bond donors (Lipinski definition) is 1. The SMILES string of the molecule is O[C@H]1C[C@@H]2CC[C@H]1c1ccccc12. The van der Waals surface area contributed by atoms with Crippen LogP contribution in [-0.4, -0.2) is 11.2 Å². The molecule has 4 rings (SSSR count). The van der Waals surface area contributed by atoms with E-state index < -0.39 is 0 Å². The molecule has 0 aromatic heterocycles. The van der Waals surface area contributed by atoms with Crippen molar-refractivity contribution in [2.45, 2.75) is 37.2 Å². The minimum Gasteiger partial charge on any atom is -0.392 e. The number of benzene rings is 1. The van der Waals surface area contributed by atoms with E-state index in [1.807, 2.05) is 0 Å². The maximum Gasteiger partial charge on any atom is 0.0614 e. The van der Waals surface area contributed by atoms with Gasteiger partial charge in [0.05, 0.1) is 6.10 Å². The molecule has 3 aliphatic rings. The monoisotopic (exact) mass is 174 g/mol. The highest BCUT2D eigenvalue weighted by Gasteiger charge is 2.38. The molecule has 0 aliphatic heterocycles. The Morgan fingerprint density at radius 2 is 1.85 bits per heavy atom. The molecule has 0 unspecified atom stereocenters. The molecule has 1 nitrogen and oxygen atoms in total. The summed E-state index contributed by atoms with van der Waals surface area (Å²) in [5.41, 5.74) is 2.92. The Kier molecular flexibility index (Phi) is 1.50. The van der Waals surface area contributed by atoms with Crippen molar-refractivity contribution in [2.75, 3.05) is 0 Å². The number of hydrogen-bond acceptors (Lipinski definition) is 1. The topological polar surface area (TPSA) is 20.2 Å². The quantitative estimate of drug-likeness (QED) is 0.640. The maximum absolute atomic E-state index is 9.85. The van der Waals surface area contributed by atoms with Gasteiger partial charge in [-0.05, 0) is 36.3 Å². The van der Waals surface area contributed by atoms with E-state index in [1.165, 1.54) is 24.0 Å². The van der Waals surface area contributed by atoms with Crippen molar-refractivity contribution in [1.29, 1.82) is 0 Å². The summed E-state index contributed by atoms with van der Waals surface area (Å²) in [4.78, 5) is 0. The van der Waals surface area contributed by atoms with Gasteiger partial charge in [-0.15, -0.1) is 0 Å². The van der Waals surface area contributed by atoms with Crippen molar-refractivity contribution in [2.24, 2.45) is 0 Å². The van der Waals surface area contributed by atoms with Crippen LogP contribution in [0.4, 0.5) is 0 Å².